The Kier molecular flexibility index (Phi) is 4.32. The van der Waals surface area contributed by atoms with Gasteiger partial charge in [0.25, 0.3) is 0 Å². The Labute approximate surface area is 91.9 Å². The molecule has 0 saturated heterocycles. The van der Waals surface area contributed by atoms with Crippen LogP contribution in [0.4, 0.5) is 0 Å². The molecule has 2 unspecified atom stereocenters. The summed E-state index contributed by atoms with van der Waals surface area (Å²) in [6.45, 7) is 6.51. The van der Waals surface area contributed by atoms with E-state index in [0.29, 0.717) is 10.7 Å². The van der Waals surface area contributed by atoms with E-state index < -0.39 is 0 Å². The molecule has 4 heteroatoms. The van der Waals surface area contributed by atoms with Crippen LogP contribution in [0.15, 0.2) is 0 Å². The highest BCUT2D eigenvalue weighted by Gasteiger charge is 2.14. The van der Waals surface area contributed by atoms with Gasteiger partial charge in [0.05, 0.1) is 4.83 Å². The zero-order valence-electron chi connectivity index (χ0n) is 8.25. The molecular weight excluding hydrogens is 248 g/mol. The number of hydrogen-bond acceptors (Lipinski definition) is 3. The van der Waals surface area contributed by atoms with Crippen molar-refractivity contribution >= 4 is 27.3 Å². The summed E-state index contributed by atoms with van der Waals surface area (Å²) < 4.78 is 0. The van der Waals surface area contributed by atoms with Gasteiger partial charge in [-0.3, -0.25) is 0 Å². The maximum Gasteiger partial charge on any atom is 0.131 e. The van der Waals surface area contributed by atoms with Crippen molar-refractivity contribution in [1.82, 2.24) is 10.2 Å². The number of hydrogen-bond donors (Lipinski definition) is 0. The van der Waals surface area contributed by atoms with Crippen LogP contribution in [0, 0.1) is 0 Å². The molecule has 0 aliphatic rings. The highest BCUT2D eigenvalue weighted by Crippen LogP contribution is 2.31. The van der Waals surface area contributed by atoms with Gasteiger partial charge in [-0.2, -0.15) is 0 Å². The van der Waals surface area contributed by atoms with E-state index >= 15 is 0 Å². The Morgan fingerprint density at radius 1 is 1.23 bits per heavy atom. The molecule has 0 aliphatic heterocycles. The van der Waals surface area contributed by atoms with E-state index in [9.17, 15) is 0 Å². The van der Waals surface area contributed by atoms with E-state index in [1.165, 1.54) is 0 Å². The van der Waals surface area contributed by atoms with Crippen LogP contribution in [-0.4, -0.2) is 10.2 Å². The average Bonchev–Trinajstić information content (AvgIpc) is 2.64. The Balaban J connectivity index is 2.74. The van der Waals surface area contributed by atoms with Crippen molar-refractivity contribution in [3.63, 3.8) is 0 Å². The third-order valence-electron chi connectivity index (χ3n) is 2.12. The van der Waals surface area contributed by atoms with Gasteiger partial charge in [0, 0.05) is 5.92 Å². The molecule has 0 fully saturated rings. The third-order valence-corrected chi connectivity index (χ3v) is 4.77. The minimum absolute atomic E-state index is 0.378. The minimum Gasteiger partial charge on any atom is -0.143 e. The van der Waals surface area contributed by atoms with Gasteiger partial charge >= 0.3 is 0 Å². The second-order valence-corrected chi connectivity index (χ2v) is 5.31. The molecule has 13 heavy (non-hydrogen) atoms. The molecule has 1 aromatic rings. The quantitative estimate of drug-likeness (QED) is 0.770. The first-order valence-electron chi connectivity index (χ1n) is 4.66. The monoisotopic (exact) mass is 262 g/mol. The fourth-order valence-electron chi connectivity index (χ4n) is 0.922. The summed E-state index contributed by atoms with van der Waals surface area (Å²) >= 11 is 5.31. The Morgan fingerprint density at radius 3 is 2.38 bits per heavy atom. The average molecular weight is 263 g/mol. The molecule has 74 valence electrons. The maximum absolute atomic E-state index is 4.19. The van der Waals surface area contributed by atoms with Crippen molar-refractivity contribution < 1.29 is 0 Å². The molecule has 0 aromatic carbocycles. The van der Waals surface area contributed by atoms with Gasteiger partial charge in [0.2, 0.25) is 0 Å². The van der Waals surface area contributed by atoms with Gasteiger partial charge in [-0.15, -0.1) is 21.5 Å². The third kappa shape index (κ3) is 2.74. The summed E-state index contributed by atoms with van der Waals surface area (Å²) in [5.74, 6) is 0.544. The summed E-state index contributed by atoms with van der Waals surface area (Å²) in [5.41, 5.74) is 0. The lowest BCUT2D eigenvalue weighted by atomic mass is 10.1. The number of halogens is 1. The highest BCUT2D eigenvalue weighted by atomic mass is 79.9. The highest BCUT2D eigenvalue weighted by molar-refractivity contribution is 9.09. The summed E-state index contributed by atoms with van der Waals surface area (Å²) in [5, 5.41) is 10.6. The molecule has 0 N–H and O–H groups in total. The van der Waals surface area contributed by atoms with Crippen LogP contribution in [0.2, 0.25) is 0 Å². The lowest BCUT2D eigenvalue weighted by molar-refractivity contribution is 0.712. The summed E-state index contributed by atoms with van der Waals surface area (Å²) in [6.07, 6.45) is 2.20. The molecule has 0 radical (unpaired) electrons. The van der Waals surface area contributed by atoms with Gasteiger partial charge in [-0.05, 0) is 12.8 Å². The molecular formula is C9H15BrN2S. The van der Waals surface area contributed by atoms with Gasteiger partial charge in [0.15, 0.2) is 0 Å². The number of alkyl halides is 1. The molecule has 2 nitrogen and oxygen atoms in total. The molecule has 0 saturated carbocycles. The maximum atomic E-state index is 4.19. The van der Waals surface area contributed by atoms with Gasteiger partial charge in [-0.1, -0.05) is 36.7 Å². The summed E-state index contributed by atoms with van der Waals surface area (Å²) in [4.78, 5) is 0.378. The Bertz CT molecular complexity index is 237. The van der Waals surface area contributed by atoms with Crippen LogP contribution >= 0.6 is 27.3 Å². The van der Waals surface area contributed by atoms with E-state index in [4.69, 9.17) is 0 Å². The van der Waals surface area contributed by atoms with Crippen molar-refractivity contribution in [2.75, 3.05) is 0 Å². The first kappa shape index (κ1) is 11.1. The molecule has 0 amide bonds. The molecule has 2 atom stereocenters. The van der Waals surface area contributed by atoms with E-state index in [0.717, 1.165) is 22.9 Å². The molecule has 1 heterocycles. The molecule has 1 aromatic heterocycles. The van der Waals surface area contributed by atoms with Crippen molar-refractivity contribution in [2.45, 2.75) is 44.4 Å². The normalized spacial score (nSPS) is 15.7. The zero-order chi connectivity index (χ0) is 9.84. The molecule has 0 aliphatic carbocycles. The van der Waals surface area contributed by atoms with Crippen LogP contribution in [0.1, 0.15) is 54.4 Å². The van der Waals surface area contributed by atoms with Crippen LogP contribution in [0.5, 0.6) is 0 Å². The number of rotatable bonds is 4. The number of aromatic nitrogens is 2. The standard InChI is InChI=1S/C9H15BrN2S/c1-4-6(3)8-11-12-9(13-8)7(10)5-2/h6-7H,4-5H2,1-3H3. The fraction of sp³-hybridized carbons (Fsp3) is 0.778. The second-order valence-electron chi connectivity index (χ2n) is 3.16. The Morgan fingerprint density at radius 2 is 1.85 bits per heavy atom. The van der Waals surface area contributed by atoms with Gasteiger partial charge < -0.3 is 0 Å². The van der Waals surface area contributed by atoms with E-state index in [1.807, 2.05) is 0 Å². The Hall–Kier alpha value is 0.0400. The smallest absolute Gasteiger partial charge is 0.131 e. The molecule has 1 rings (SSSR count). The van der Waals surface area contributed by atoms with Crippen molar-refractivity contribution in [2.24, 2.45) is 0 Å². The minimum atomic E-state index is 0.378. The first-order chi connectivity index (χ1) is 6.19. The van der Waals surface area contributed by atoms with Crippen LogP contribution in [0.25, 0.3) is 0 Å². The van der Waals surface area contributed by atoms with Gasteiger partial charge in [0.1, 0.15) is 10.0 Å². The SMILES string of the molecule is CCC(C)c1nnc(C(Br)CC)s1. The summed E-state index contributed by atoms with van der Waals surface area (Å²) in [7, 11) is 0. The second kappa shape index (κ2) is 5.05. The number of nitrogens with zero attached hydrogens (tertiary/aromatic N) is 2. The van der Waals surface area contributed by atoms with Crippen LogP contribution in [0.3, 0.4) is 0 Å². The van der Waals surface area contributed by atoms with Crippen molar-refractivity contribution in [1.29, 1.82) is 0 Å². The van der Waals surface area contributed by atoms with Crippen molar-refractivity contribution in [3.05, 3.63) is 10.0 Å². The van der Waals surface area contributed by atoms with Crippen LogP contribution < -0.4 is 0 Å². The predicted octanol–water partition coefficient (Wildman–Crippen LogP) is 3.90. The lowest BCUT2D eigenvalue weighted by Crippen LogP contribution is -1.89. The van der Waals surface area contributed by atoms with E-state index in [1.54, 1.807) is 11.3 Å². The summed E-state index contributed by atoms with van der Waals surface area (Å²) in [6, 6.07) is 0. The fourth-order valence-corrected chi connectivity index (χ4v) is 2.33. The van der Waals surface area contributed by atoms with Crippen molar-refractivity contribution in [3.8, 4) is 0 Å². The van der Waals surface area contributed by atoms with E-state index in [-0.39, 0.29) is 0 Å². The largest absolute Gasteiger partial charge is 0.143 e. The molecule has 0 bridgehead atoms. The van der Waals surface area contributed by atoms with Gasteiger partial charge in [-0.25, -0.2) is 0 Å². The topological polar surface area (TPSA) is 25.8 Å². The molecule has 0 spiro atoms. The van der Waals surface area contributed by atoms with Crippen LogP contribution in [-0.2, 0) is 0 Å². The van der Waals surface area contributed by atoms with E-state index in [2.05, 4.69) is 46.9 Å². The zero-order valence-corrected chi connectivity index (χ0v) is 10.7. The lowest BCUT2D eigenvalue weighted by Gasteiger charge is -2.01. The predicted molar refractivity (Wildman–Crippen MR) is 60.6 cm³/mol. The first-order valence-corrected chi connectivity index (χ1v) is 6.39.